The number of rotatable bonds is 1. The molecular weight excluding hydrogens is 130 g/mol. The molecule has 1 atom stereocenters. The molecule has 0 aromatic heterocycles. The van der Waals surface area contributed by atoms with Crippen LogP contribution < -0.4 is 0 Å². The Hall–Kier alpha value is -0.990. The first-order valence-corrected chi connectivity index (χ1v) is 3.38. The summed E-state index contributed by atoms with van der Waals surface area (Å²) >= 11 is 0. The molecule has 0 saturated carbocycles. The molecule has 1 fully saturated rings. The number of likely N-dealkylation sites (tertiary alicyclic amines) is 1. The molecule has 56 valence electrons. The van der Waals surface area contributed by atoms with E-state index in [0.29, 0.717) is 6.54 Å². The van der Waals surface area contributed by atoms with Gasteiger partial charge in [0.25, 0.3) is 0 Å². The van der Waals surface area contributed by atoms with E-state index in [2.05, 4.69) is 6.58 Å². The van der Waals surface area contributed by atoms with Crippen LogP contribution in [-0.2, 0) is 0 Å². The lowest BCUT2D eigenvalue weighted by Gasteiger charge is -2.17. The topological polar surface area (TPSA) is 40.5 Å². The van der Waals surface area contributed by atoms with Gasteiger partial charge in [-0.15, -0.1) is 6.58 Å². The molecule has 1 rings (SSSR count). The minimum absolute atomic E-state index is 0.0532. The summed E-state index contributed by atoms with van der Waals surface area (Å²) in [4.78, 5) is 11.9. The van der Waals surface area contributed by atoms with Crippen molar-refractivity contribution >= 4 is 6.09 Å². The summed E-state index contributed by atoms with van der Waals surface area (Å²) in [5, 5.41) is 8.59. The molecule has 10 heavy (non-hydrogen) atoms. The maximum Gasteiger partial charge on any atom is 0.407 e. The SMILES string of the molecule is C=C[C@@H]1CCCN1C(=O)O. The Kier molecular flexibility index (Phi) is 1.94. The highest BCUT2D eigenvalue weighted by Crippen LogP contribution is 2.17. The van der Waals surface area contributed by atoms with Crippen LogP contribution in [0.5, 0.6) is 0 Å². The molecule has 3 heteroatoms. The number of nitrogens with zero attached hydrogens (tertiary/aromatic N) is 1. The zero-order chi connectivity index (χ0) is 7.56. The Bertz CT molecular complexity index is 156. The van der Waals surface area contributed by atoms with E-state index >= 15 is 0 Å². The van der Waals surface area contributed by atoms with Crippen molar-refractivity contribution in [2.75, 3.05) is 6.54 Å². The van der Waals surface area contributed by atoms with E-state index in [1.54, 1.807) is 6.08 Å². The van der Waals surface area contributed by atoms with Gasteiger partial charge in [0.2, 0.25) is 0 Å². The third-order valence-electron chi connectivity index (χ3n) is 1.82. The second-order valence-corrected chi connectivity index (χ2v) is 2.42. The van der Waals surface area contributed by atoms with Crippen LogP contribution in [-0.4, -0.2) is 28.7 Å². The second-order valence-electron chi connectivity index (χ2n) is 2.42. The molecule has 0 aliphatic carbocycles. The van der Waals surface area contributed by atoms with Gasteiger partial charge in [0.05, 0.1) is 6.04 Å². The lowest BCUT2D eigenvalue weighted by atomic mass is 10.2. The summed E-state index contributed by atoms with van der Waals surface area (Å²) in [5.41, 5.74) is 0. The van der Waals surface area contributed by atoms with Crippen molar-refractivity contribution in [1.29, 1.82) is 0 Å². The van der Waals surface area contributed by atoms with Crippen LogP contribution >= 0.6 is 0 Å². The largest absolute Gasteiger partial charge is 0.465 e. The van der Waals surface area contributed by atoms with E-state index in [-0.39, 0.29) is 6.04 Å². The van der Waals surface area contributed by atoms with E-state index in [1.165, 1.54) is 4.90 Å². The molecule has 1 saturated heterocycles. The summed E-state index contributed by atoms with van der Waals surface area (Å²) in [6.45, 7) is 4.23. The van der Waals surface area contributed by atoms with Crippen LogP contribution in [0.1, 0.15) is 12.8 Å². The molecule has 0 radical (unpaired) electrons. The molecule has 1 N–H and O–H groups in total. The van der Waals surface area contributed by atoms with E-state index in [1.807, 2.05) is 0 Å². The summed E-state index contributed by atoms with van der Waals surface area (Å²) in [6.07, 6.45) is 2.75. The Morgan fingerprint density at radius 3 is 2.90 bits per heavy atom. The molecule has 1 amide bonds. The van der Waals surface area contributed by atoms with Gasteiger partial charge in [-0.2, -0.15) is 0 Å². The van der Waals surface area contributed by atoms with Gasteiger partial charge in [-0.05, 0) is 12.8 Å². The van der Waals surface area contributed by atoms with Gasteiger partial charge in [-0.1, -0.05) is 6.08 Å². The highest BCUT2D eigenvalue weighted by molar-refractivity contribution is 5.66. The monoisotopic (exact) mass is 141 g/mol. The predicted octanol–water partition coefficient (Wildman–Crippen LogP) is 1.31. The van der Waals surface area contributed by atoms with Gasteiger partial charge in [0.15, 0.2) is 0 Å². The average Bonchev–Trinajstić information content (AvgIpc) is 2.33. The number of hydrogen-bond acceptors (Lipinski definition) is 1. The molecule has 1 heterocycles. The van der Waals surface area contributed by atoms with Crippen LogP contribution in [0, 0.1) is 0 Å². The van der Waals surface area contributed by atoms with Crippen molar-refractivity contribution in [1.82, 2.24) is 4.90 Å². The van der Waals surface area contributed by atoms with Crippen molar-refractivity contribution in [3.63, 3.8) is 0 Å². The maximum absolute atomic E-state index is 10.4. The molecule has 0 aromatic rings. The Balaban J connectivity index is 2.58. The molecule has 3 nitrogen and oxygen atoms in total. The Morgan fingerprint density at radius 2 is 2.50 bits per heavy atom. The van der Waals surface area contributed by atoms with Gasteiger partial charge in [-0.25, -0.2) is 4.79 Å². The zero-order valence-electron chi connectivity index (χ0n) is 5.79. The summed E-state index contributed by atoms with van der Waals surface area (Å²) in [6, 6.07) is 0.0532. The van der Waals surface area contributed by atoms with Gasteiger partial charge in [0, 0.05) is 6.54 Å². The summed E-state index contributed by atoms with van der Waals surface area (Å²) in [7, 11) is 0. The first-order valence-electron chi connectivity index (χ1n) is 3.38. The fourth-order valence-electron chi connectivity index (χ4n) is 1.28. The average molecular weight is 141 g/mol. The van der Waals surface area contributed by atoms with Crippen LogP contribution in [0.2, 0.25) is 0 Å². The Morgan fingerprint density at radius 1 is 1.80 bits per heavy atom. The minimum atomic E-state index is -0.831. The van der Waals surface area contributed by atoms with Crippen LogP contribution in [0.3, 0.4) is 0 Å². The molecular formula is C7H11NO2. The van der Waals surface area contributed by atoms with Crippen LogP contribution in [0.4, 0.5) is 4.79 Å². The van der Waals surface area contributed by atoms with Gasteiger partial charge >= 0.3 is 6.09 Å². The normalized spacial score (nSPS) is 24.8. The van der Waals surface area contributed by atoms with Crippen LogP contribution in [0.15, 0.2) is 12.7 Å². The van der Waals surface area contributed by atoms with E-state index in [4.69, 9.17) is 5.11 Å². The van der Waals surface area contributed by atoms with Crippen molar-refractivity contribution in [3.05, 3.63) is 12.7 Å². The number of carbonyl (C=O) groups is 1. The first-order chi connectivity index (χ1) is 4.75. The zero-order valence-corrected chi connectivity index (χ0v) is 5.79. The molecule has 0 bridgehead atoms. The van der Waals surface area contributed by atoms with E-state index in [0.717, 1.165) is 12.8 Å². The van der Waals surface area contributed by atoms with Crippen molar-refractivity contribution in [3.8, 4) is 0 Å². The summed E-state index contributed by atoms with van der Waals surface area (Å²) < 4.78 is 0. The van der Waals surface area contributed by atoms with E-state index < -0.39 is 6.09 Å². The predicted molar refractivity (Wildman–Crippen MR) is 37.9 cm³/mol. The highest BCUT2D eigenvalue weighted by atomic mass is 16.4. The molecule has 0 unspecified atom stereocenters. The van der Waals surface area contributed by atoms with Crippen molar-refractivity contribution < 1.29 is 9.90 Å². The van der Waals surface area contributed by atoms with Crippen LogP contribution in [0.25, 0.3) is 0 Å². The molecule has 0 aromatic carbocycles. The summed E-state index contributed by atoms with van der Waals surface area (Å²) in [5.74, 6) is 0. The second kappa shape index (κ2) is 2.73. The Labute approximate surface area is 59.9 Å². The highest BCUT2D eigenvalue weighted by Gasteiger charge is 2.25. The first kappa shape index (κ1) is 7.12. The van der Waals surface area contributed by atoms with Crippen molar-refractivity contribution in [2.24, 2.45) is 0 Å². The van der Waals surface area contributed by atoms with Gasteiger partial charge in [0.1, 0.15) is 0 Å². The minimum Gasteiger partial charge on any atom is -0.465 e. The smallest absolute Gasteiger partial charge is 0.407 e. The maximum atomic E-state index is 10.4. The quantitative estimate of drug-likeness (QED) is 0.559. The molecule has 0 spiro atoms. The third-order valence-corrected chi connectivity index (χ3v) is 1.82. The fraction of sp³-hybridized carbons (Fsp3) is 0.571. The molecule has 1 aliphatic rings. The lowest BCUT2D eigenvalue weighted by molar-refractivity contribution is 0.147. The van der Waals surface area contributed by atoms with E-state index in [9.17, 15) is 4.79 Å². The number of amides is 1. The molecule has 1 aliphatic heterocycles. The van der Waals surface area contributed by atoms with Gasteiger partial charge < -0.3 is 10.0 Å². The fourth-order valence-corrected chi connectivity index (χ4v) is 1.28. The number of hydrogen-bond donors (Lipinski definition) is 1. The van der Waals surface area contributed by atoms with Gasteiger partial charge in [-0.3, -0.25) is 0 Å². The lowest BCUT2D eigenvalue weighted by Crippen LogP contribution is -2.32. The third kappa shape index (κ3) is 1.12. The standard InChI is InChI=1S/C7H11NO2/c1-2-6-4-3-5-8(6)7(9)10/h2,6H,1,3-5H2,(H,9,10)/t6-/m1/s1. The number of carboxylic acid groups (broad SMARTS) is 1. The van der Waals surface area contributed by atoms with Crippen molar-refractivity contribution in [2.45, 2.75) is 18.9 Å².